The van der Waals surface area contributed by atoms with Gasteiger partial charge in [-0.3, -0.25) is 0 Å². The highest BCUT2D eigenvalue weighted by Gasteiger charge is 2.25. The molecular formula is C18H21N5OS. The molecule has 1 saturated heterocycles. The molecule has 1 fully saturated rings. The van der Waals surface area contributed by atoms with Gasteiger partial charge < -0.3 is 5.32 Å². The number of hydrogen-bond donors (Lipinski definition) is 1. The second-order valence-corrected chi connectivity index (χ2v) is 7.43. The Balaban J connectivity index is 1.78. The van der Waals surface area contributed by atoms with Crippen LogP contribution < -0.4 is 11.0 Å². The molecule has 1 aliphatic heterocycles. The maximum Gasteiger partial charge on any atom is 0.350 e. The summed E-state index contributed by atoms with van der Waals surface area (Å²) in [4.78, 5) is 17.5. The Morgan fingerprint density at radius 1 is 1.32 bits per heavy atom. The van der Waals surface area contributed by atoms with Gasteiger partial charge in [0.25, 0.3) is 0 Å². The monoisotopic (exact) mass is 355 g/mol. The molecule has 3 aromatic rings. The summed E-state index contributed by atoms with van der Waals surface area (Å²) >= 11 is 1.59. The first-order valence-corrected chi connectivity index (χ1v) is 9.47. The summed E-state index contributed by atoms with van der Waals surface area (Å²) < 4.78 is 3.31. The molecule has 6 nitrogen and oxygen atoms in total. The van der Waals surface area contributed by atoms with E-state index in [9.17, 15) is 4.79 Å². The summed E-state index contributed by atoms with van der Waals surface area (Å²) in [6, 6.07) is 9.77. The number of aromatic nitrogens is 4. The minimum atomic E-state index is -0.0996. The SMILES string of the molecule is Cc1nc(Cn2nc([C@@H]3CCCNC3)n(-c3ccccc3)c2=O)cs1. The average Bonchev–Trinajstić information content (AvgIpc) is 3.20. The Hall–Kier alpha value is -2.25. The van der Waals surface area contributed by atoms with E-state index < -0.39 is 0 Å². The number of aryl methyl sites for hydroxylation is 1. The van der Waals surface area contributed by atoms with Gasteiger partial charge in [0.05, 0.1) is 22.9 Å². The van der Waals surface area contributed by atoms with Crippen molar-refractivity contribution in [1.82, 2.24) is 24.6 Å². The number of nitrogens with one attached hydrogen (secondary N) is 1. The molecule has 0 spiro atoms. The maximum absolute atomic E-state index is 13.1. The van der Waals surface area contributed by atoms with E-state index >= 15 is 0 Å². The molecule has 1 atom stereocenters. The number of rotatable bonds is 4. The van der Waals surface area contributed by atoms with Crippen LogP contribution in [0.4, 0.5) is 0 Å². The fraction of sp³-hybridized carbons (Fsp3) is 0.389. The van der Waals surface area contributed by atoms with Crippen LogP contribution in [0.25, 0.3) is 5.69 Å². The van der Waals surface area contributed by atoms with Crippen molar-refractivity contribution in [2.24, 2.45) is 0 Å². The number of benzene rings is 1. The lowest BCUT2D eigenvalue weighted by Crippen LogP contribution is -2.31. The molecule has 1 N–H and O–H groups in total. The average molecular weight is 355 g/mol. The van der Waals surface area contributed by atoms with Gasteiger partial charge >= 0.3 is 5.69 Å². The predicted molar refractivity (Wildman–Crippen MR) is 98.6 cm³/mol. The maximum atomic E-state index is 13.1. The van der Waals surface area contributed by atoms with Crippen LogP contribution in [0.3, 0.4) is 0 Å². The van der Waals surface area contributed by atoms with Crippen molar-refractivity contribution in [2.45, 2.75) is 32.2 Å². The third-order valence-electron chi connectivity index (χ3n) is 4.52. The third-order valence-corrected chi connectivity index (χ3v) is 5.34. The molecule has 25 heavy (non-hydrogen) atoms. The topological polar surface area (TPSA) is 64.7 Å². The van der Waals surface area contributed by atoms with Gasteiger partial charge in [-0.25, -0.2) is 19.0 Å². The Kier molecular flexibility index (Phi) is 4.50. The fourth-order valence-corrected chi connectivity index (χ4v) is 3.92. The Bertz CT molecular complexity index is 905. The van der Waals surface area contributed by atoms with E-state index in [2.05, 4.69) is 10.3 Å². The number of para-hydroxylation sites is 1. The molecule has 0 aliphatic carbocycles. The molecule has 1 aliphatic rings. The van der Waals surface area contributed by atoms with Crippen molar-refractivity contribution < 1.29 is 0 Å². The van der Waals surface area contributed by atoms with E-state index in [0.717, 1.165) is 48.1 Å². The quantitative estimate of drug-likeness (QED) is 0.780. The molecule has 0 radical (unpaired) electrons. The highest BCUT2D eigenvalue weighted by atomic mass is 32.1. The normalized spacial score (nSPS) is 17.7. The molecular weight excluding hydrogens is 334 g/mol. The molecule has 130 valence electrons. The number of hydrogen-bond acceptors (Lipinski definition) is 5. The van der Waals surface area contributed by atoms with Crippen molar-refractivity contribution >= 4 is 11.3 Å². The number of thiazole rings is 1. The van der Waals surface area contributed by atoms with Crippen molar-refractivity contribution in [2.75, 3.05) is 13.1 Å². The van der Waals surface area contributed by atoms with Gasteiger partial charge in [-0.05, 0) is 38.4 Å². The van der Waals surface area contributed by atoms with Crippen LogP contribution in [0.5, 0.6) is 0 Å². The molecule has 4 rings (SSSR count). The van der Waals surface area contributed by atoms with E-state index in [1.165, 1.54) is 0 Å². The van der Waals surface area contributed by atoms with E-state index in [1.807, 2.05) is 42.6 Å². The first-order valence-electron chi connectivity index (χ1n) is 8.59. The largest absolute Gasteiger partial charge is 0.350 e. The molecule has 1 aromatic carbocycles. The van der Waals surface area contributed by atoms with Crippen LogP contribution in [-0.4, -0.2) is 32.4 Å². The van der Waals surface area contributed by atoms with Crippen LogP contribution in [-0.2, 0) is 6.54 Å². The standard InChI is InChI=1S/C18H21N5OS/c1-13-20-15(12-25-13)11-22-18(24)23(16-7-3-2-4-8-16)17(21-22)14-6-5-9-19-10-14/h2-4,7-8,12,14,19H,5-6,9-11H2,1H3/t14-/m1/s1. The molecule has 0 bridgehead atoms. The number of nitrogens with zero attached hydrogens (tertiary/aromatic N) is 4. The second kappa shape index (κ2) is 6.93. The number of piperidine rings is 1. The Morgan fingerprint density at radius 3 is 2.84 bits per heavy atom. The van der Waals surface area contributed by atoms with Gasteiger partial charge in [0.1, 0.15) is 5.82 Å². The highest BCUT2D eigenvalue weighted by molar-refractivity contribution is 7.09. The van der Waals surface area contributed by atoms with Gasteiger partial charge in [-0.15, -0.1) is 11.3 Å². The smallest absolute Gasteiger partial charge is 0.316 e. The fourth-order valence-electron chi connectivity index (χ4n) is 3.32. The minimum Gasteiger partial charge on any atom is -0.316 e. The first-order chi connectivity index (χ1) is 12.2. The summed E-state index contributed by atoms with van der Waals surface area (Å²) in [7, 11) is 0. The van der Waals surface area contributed by atoms with Gasteiger partial charge in [-0.1, -0.05) is 18.2 Å². The molecule has 0 amide bonds. The third kappa shape index (κ3) is 3.29. The predicted octanol–water partition coefficient (Wildman–Crippen LogP) is 2.31. The summed E-state index contributed by atoms with van der Waals surface area (Å²) in [5.41, 5.74) is 1.65. The highest BCUT2D eigenvalue weighted by Crippen LogP contribution is 2.23. The molecule has 0 unspecified atom stereocenters. The zero-order valence-corrected chi connectivity index (χ0v) is 15.0. The zero-order chi connectivity index (χ0) is 17.2. The van der Waals surface area contributed by atoms with Gasteiger partial charge in [0.2, 0.25) is 0 Å². The Labute approximate surface area is 150 Å². The first kappa shape index (κ1) is 16.2. The van der Waals surface area contributed by atoms with Gasteiger partial charge in [0.15, 0.2) is 0 Å². The van der Waals surface area contributed by atoms with Crippen molar-refractivity contribution in [3.05, 3.63) is 62.7 Å². The zero-order valence-electron chi connectivity index (χ0n) is 14.2. The minimum absolute atomic E-state index is 0.0996. The van der Waals surface area contributed by atoms with Gasteiger partial charge in [0, 0.05) is 17.8 Å². The van der Waals surface area contributed by atoms with Gasteiger partial charge in [-0.2, -0.15) is 5.10 Å². The van der Waals surface area contributed by atoms with Crippen LogP contribution >= 0.6 is 11.3 Å². The van der Waals surface area contributed by atoms with Crippen molar-refractivity contribution in [3.63, 3.8) is 0 Å². The molecule has 3 heterocycles. The van der Waals surface area contributed by atoms with E-state index in [4.69, 9.17) is 5.10 Å². The lowest BCUT2D eigenvalue weighted by molar-refractivity contribution is 0.439. The van der Waals surface area contributed by atoms with Crippen LogP contribution in [0.2, 0.25) is 0 Å². The van der Waals surface area contributed by atoms with E-state index in [1.54, 1.807) is 20.6 Å². The second-order valence-electron chi connectivity index (χ2n) is 6.37. The van der Waals surface area contributed by atoms with Crippen molar-refractivity contribution in [3.8, 4) is 5.69 Å². The summed E-state index contributed by atoms with van der Waals surface area (Å²) in [5.74, 6) is 1.09. The van der Waals surface area contributed by atoms with E-state index in [-0.39, 0.29) is 11.6 Å². The summed E-state index contributed by atoms with van der Waals surface area (Å²) in [5, 5.41) is 11.1. The van der Waals surface area contributed by atoms with Crippen LogP contribution in [0.1, 0.15) is 35.3 Å². The molecule has 2 aromatic heterocycles. The summed E-state index contributed by atoms with van der Waals surface area (Å²) in [6.45, 7) is 4.28. The molecule has 0 saturated carbocycles. The van der Waals surface area contributed by atoms with Crippen LogP contribution in [0, 0.1) is 6.92 Å². The van der Waals surface area contributed by atoms with Crippen LogP contribution in [0.15, 0.2) is 40.5 Å². The molecule has 7 heteroatoms. The summed E-state index contributed by atoms with van der Waals surface area (Å²) in [6.07, 6.45) is 2.15. The van der Waals surface area contributed by atoms with E-state index in [0.29, 0.717) is 6.54 Å². The van der Waals surface area contributed by atoms with Crippen molar-refractivity contribution in [1.29, 1.82) is 0 Å². The lowest BCUT2D eigenvalue weighted by atomic mass is 9.99. The lowest BCUT2D eigenvalue weighted by Gasteiger charge is -2.22. The Morgan fingerprint density at radius 2 is 2.16 bits per heavy atom.